The van der Waals surface area contributed by atoms with Gasteiger partial charge >= 0.3 is 0 Å². The summed E-state index contributed by atoms with van der Waals surface area (Å²) >= 11 is 0. The maximum atomic E-state index is 14.3. The fraction of sp³-hybridized carbons (Fsp3) is 0.650. The Morgan fingerprint density at radius 2 is 2.10 bits per heavy atom. The molecule has 1 aliphatic rings. The molecule has 1 heterocycles. The molecule has 0 aromatic heterocycles. The molecule has 3 N–H and O–H groups in total. The summed E-state index contributed by atoms with van der Waals surface area (Å²) in [5, 5.41) is 6.63. The second-order valence-electron chi connectivity index (χ2n) is 8.34. The lowest BCUT2D eigenvalue weighted by atomic mass is 10.0. The summed E-state index contributed by atoms with van der Waals surface area (Å²) in [6, 6.07) is 5.30. The zero-order valence-electron chi connectivity index (χ0n) is 18.0. The van der Waals surface area contributed by atoms with Crippen molar-refractivity contribution < 1.29 is 12.8 Å². The van der Waals surface area contributed by atoms with Crippen molar-refractivity contribution in [3.63, 3.8) is 0 Å². The maximum absolute atomic E-state index is 14.3. The third-order valence-corrected chi connectivity index (χ3v) is 5.57. The molecule has 1 aromatic rings. The molecule has 0 aliphatic carbocycles. The molecule has 0 spiro atoms. The van der Waals surface area contributed by atoms with Gasteiger partial charge in [-0.2, -0.15) is 0 Å². The van der Waals surface area contributed by atoms with E-state index >= 15 is 0 Å². The van der Waals surface area contributed by atoms with Crippen molar-refractivity contribution in [1.29, 1.82) is 0 Å². The van der Waals surface area contributed by atoms with E-state index in [0.29, 0.717) is 31.3 Å². The topological polar surface area (TPSA) is 85.8 Å². The van der Waals surface area contributed by atoms with Crippen molar-refractivity contribution in [2.45, 2.75) is 52.1 Å². The van der Waals surface area contributed by atoms with Gasteiger partial charge in [-0.1, -0.05) is 6.07 Å². The van der Waals surface area contributed by atoms with Crippen LogP contribution in [0.4, 0.5) is 10.1 Å². The Morgan fingerprint density at radius 1 is 1.38 bits per heavy atom. The summed E-state index contributed by atoms with van der Waals surface area (Å²) in [6.07, 6.45) is 3.05. The molecule has 164 valence electrons. The lowest BCUT2D eigenvalue weighted by Gasteiger charge is -2.36. The van der Waals surface area contributed by atoms with Gasteiger partial charge in [0.2, 0.25) is 10.0 Å². The molecule has 0 saturated carbocycles. The van der Waals surface area contributed by atoms with Gasteiger partial charge in [0.05, 0.1) is 18.5 Å². The van der Waals surface area contributed by atoms with Gasteiger partial charge in [0, 0.05) is 31.2 Å². The number of sulfonamides is 1. The van der Waals surface area contributed by atoms with E-state index in [-0.39, 0.29) is 11.9 Å². The molecule has 7 nitrogen and oxygen atoms in total. The minimum absolute atomic E-state index is 0.118. The van der Waals surface area contributed by atoms with Crippen LogP contribution in [-0.4, -0.2) is 58.4 Å². The Balaban J connectivity index is 2.06. The van der Waals surface area contributed by atoms with Gasteiger partial charge in [-0.15, -0.1) is 0 Å². The number of nitrogens with one attached hydrogen (secondary N) is 3. The molecule has 0 bridgehead atoms. The number of hydrogen-bond donors (Lipinski definition) is 3. The maximum Gasteiger partial charge on any atom is 0.209 e. The van der Waals surface area contributed by atoms with Crippen molar-refractivity contribution in [1.82, 2.24) is 15.4 Å². The fourth-order valence-corrected chi connectivity index (χ4v) is 4.57. The van der Waals surface area contributed by atoms with E-state index < -0.39 is 15.6 Å². The van der Waals surface area contributed by atoms with Gasteiger partial charge in [0.1, 0.15) is 5.82 Å². The van der Waals surface area contributed by atoms with Gasteiger partial charge < -0.3 is 15.5 Å². The smallest absolute Gasteiger partial charge is 0.209 e. The molecular weight excluding hydrogens is 393 g/mol. The second-order valence-corrected chi connectivity index (χ2v) is 10.1. The number of rotatable bonds is 7. The zero-order chi connectivity index (χ0) is 21.7. The van der Waals surface area contributed by atoms with Gasteiger partial charge in [-0.05, 0) is 58.2 Å². The van der Waals surface area contributed by atoms with E-state index in [2.05, 4.69) is 25.2 Å². The van der Waals surface area contributed by atoms with Crippen LogP contribution in [0.3, 0.4) is 0 Å². The highest BCUT2D eigenvalue weighted by molar-refractivity contribution is 7.88. The highest BCUT2D eigenvalue weighted by atomic mass is 32.2. The van der Waals surface area contributed by atoms with E-state index in [1.165, 1.54) is 6.07 Å². The number of piperidine rings is 1. The van der Waals surface area contributed by atoms with Crippen molar-refractivity contribution in [2.75, 3.05) is 37.3 Å². The lowest BCUT2D eigenvalue weighted by Crippen LogP contribution is -2.52. The van der Waals surface area contributed by atoms with Gasteiger partial charge in [0.15, 0.2) is 5.96 Å². The number of halogens is 1. The predicted molar refractivity (Wildman–Crippen MR) is 118 cm³/mol. The van der Waals surface area contributed by atoms with Crippen LogP contribution in [0.25, 0.3) is 0 Å². The number of nitrogens with zero attached hydrogens (tertiary/aromatic N) is 2. The van der Waals surface area contributed by atoms with E-state index in [0.717, 1.165) is 31.2 Å². The van der Waals surface area contributed by atoms with E-state index in [1.54, 1.807) is 19.9 Å². The first kappa shape index (κ1) is 23.4. The Bertz CT molecular complexity index is 826. The quantitative estimate of drug-likeness (QED) is 0.458. The first-order valence-electron chi connectivity index (χ1n) is 10.0. The largest absolute Gasteiger partial charge is 0.367 e. The van der Waals surface area contributed by atoms with E-state index in [1.807, 2.05) is 19.9 Å². The molecule has 0 radical (unpaired) electrons. The number of guanidine groups is 1. The summed E-state index contributed by atoms with van der Waals surface area (Å²) in [5.41, 5.74) is 0.975. The molecule has 1 aliphatic heterocycles. The van der Waals surface area contributed by atoms with E-state index in [9.17, 15) is 12.8 Å². The van der Waals surface area contributed by atoms with Crippen molar-refractivity contribution >= 4 is 21.7 Å². The lowest BCUT2D eigenvalue weighted by molar-refractivity contribution is 0.452. The molecule has 1 aromatic carbocycles. The number of aliphatic imine (C=N–C) groups is 1. The third-order valence-electron chi connectivity index (χ3n) is 4.64. The Hall–Kier alpha value is -1.87. The average molecular weight is 428 g/mol. The highest BCUT2D eigenvalue weighted by Crippen LogP contribution is 2.24. The molecular formula is C20H34FN5O2S. The van der Waals surface area contributed by atoms with Crippen molar-refractivity contribution in [3.8, 4) is 0 Å². The summed E-state index contributed by atoms with van der Waals surface area (Å²) in [6.45, 7) is 10.0. The minimum atomic E-state index is -3.32. The zero-order valence-corrected chi connectivity index (χ0v) is 18.9. The SMILES string of the molecule is CCNC(=NCC(C)(C)NS(C)(=O)=O)NC1CCCN(c2cc(C)ccc2F)C1. The number of hydrogen-bond acceptors (Lipinski definition) is 4. The second kappa shape index (κ2) is 9.75. The predicted octanol–water partition coefficient (Wildman–Crippen LogP) is 1.99. The first-order chi connectivity index (χ1) is 13.5. The summed E-state index contributed by atoms with van der Waals surface area (Å²) in [7, 11) is -3.32. The van der Waals surface area contributed by atoms with Gasteiger partial charge in [-0.25, -0.2) is 17.5 Å². The Kier molecular flexibility index (Phi) is 7.87. The van der Waals surface area contributed by atoms with Crippen LogP contribution in [0.1, 0.15) is 39.2 Å². The molecule has 9 heteroatoms. The molecule has 2 rings (SSSR count). The fourth-order valence-electron chi connectivity index (χ4n) is 3.50. The monoisotopic (exact) mass is 427 g/mol. The van der Waals surface area contributed by atoms with Crippen LogP contribution >= 0.6 is 0 Å². The van der Waals surface area contributed by atoms with Crippen molar-refractivity contribution in [3.05, 3.63) is 29.6 Å². The number of aryl methyl sites for hydroxylation is 1. The van der Waals surface area contributed by atoms with Crippen LogP contribution in [0, 0.1) is 12.7 Å². The Morgan fingerprint density at radius 3 is 2.76 bits per heavy atom. The average Bonchev–Trinajstić information content (AvgIpc) is 2.60. The number of anilines is 1. The molecule has 29 heavy (non-hydrogen) atoms. The van der Waals surface area contributed by atoms with Crippen LogP contribution in [-0.2, 0) is 10.0 Å². The van der Waals surface area contributed by atoms with Crippen LogP contribution in [0.2, 0.25) is 0 Å². The summed E-state index contributed by atoms with van der Waals surface area (Å²) in [5.74, 6) is 0.429. The first-order valence-corrected chi connectivity index (χ1v) is 11.9. The number of benzene rings is 1. The van der Waals surface area contributed by atoms with Crippen LogP contribution < -0.4 is 20.3 Å². The van der Waals surface area contributed by atoms with E-state index in [4.69, 9.17) is 0 Å². The normalized spacial score (nSPS) is 18.6. The van der Waals surface area contributed by atoms with Gasteiger partial charge in [0.25, 0.3) is 0 Å². The van der Waals surface area contributed by atoms with Crippen LogP contribution in [0.5, 0.6) is 0 Å². The molecule has 1 unspecified atom stereocenters. The molecule has 1 saturated heterocycles. The summed E-state index contributed by atoms with van der Waals surface area (Å²) < 4.78 is 40.0. The molecule has 1 fully saturated rings. The summed E-state index contributed by atoms with van der Waals surface area (Å²) in [4.78, 5) is 6.64. The highest BCUT2D eigenvalue weighted by Gasteiger charge is 2.24. The molecule has 0 amide bonds. The third kappa shape index (κ3) is 7.81. The van der Waals surface area contributed by atoms with Crippen LogP contribution in [0.15, 0.2) is 23.2 Å². The minimum Gasteiger partial charge on any atom is -0.367 e. The van der Waals surface area contributed by atoms with Crippen molar-refractivity contribution in [2.24, 2.45) is 4.99 Å². The van der Waals surface area contributed by atoms with Gasteiger partial charge in [-0.3, -0.25) is 4.99 Å². The molecule has 1 atom stereocenters. The Labute approximate surface area is 174 Å². The standard InChI is InChI=1S/C20H34FN5O2S/c1-6-22-19(23-14-20(3,4)25-29(5,27)28)24-16-8-7-11-26(13-16)18-12-15(2)9-10-17(18)21/h9-10,12,16,25H,6-8,11,13-14H2,1-5H3,(H2,22,23,24).